The van der Waals surface area contributed by atoms with Crippen molar-refractivity contribution in [3.05, 3.63) is 58.7 Å². The standard InChI is InChI=1S/C26H34N2O2/c1-29-25-15-20-11-13-27-23(22(20)16-26(25)30-2)9-7-18-8-10-24-21-6-4-3-5-19(21)12-14-28(24)17-18/h3-6,15-16,18,23-24,27H,7-14,17H2,1-2H3/t18-,23-,24+/m0/s1. The summed E-state index contributed by atoms with van der Waals surface area (Å²) in [5.74, 6) is 2.50. The Morgan fingerprint density at radius 2 is 1.77 bits per heavy atom. The summed E-state index contributed by atoms with van der Waals surface area (Å²) in [6.07, 6.45) is 7.41. The zero-order valence-corrected chi connectivity index (χ0v) is 18.3. The maximum Gasteiger partial charge on any atom is 0.161 e. The Bertz CT molecular complexity index is 897. The topological polar surface area (TPSA) is 33.7 Å². The van der Waals surface area contributed by atoms with Crippen LogP contribution in [0.1, 0.15) is 60.0 Å². The highest BCUT2D eigenvalue weighted by atomic mass is 16.5. The highest BCUT2D eigenvalue weighted by Gasteiger charge is 2.33. The Labute approximate surface area is 180 Å². The minimum absolute atomic E-state index is 0.424. The molecule has 3 atom stereocenters. The molecule has 3 aliphatic heterocycles. The van der Waals surface area contributed by atoms with Crippen LogP contribution in [0.5, 0.6) is 11.5 Å². The first-order chi connectivity index (χ1) is 14.8. The van der Waals surface area contributed by atoms with Crippen molar-refractivity contribution in [2.75, 3.05) is 33.9 Å². The Balaban J connectivity index is 1.24. The van der Waals surface area contributed by atoms with Crippen LogP contribution in [-0.2, 0) is 12.8 Å². The molecule has 4 nitrogen and oxygen atoms in total. The van der Waals surface area contributed by atoms with Gasteiger partial charge in [0.1, 0.15) is 0 Å². The van der Waals surface area contributed by atoms with E-state index in [1.54, 1.807) is 25.3 Å². The number of ether oxygens (including phenoxy) is 2. The Kier molecular flexibility index (Phi) is 5.70. The van der Waals surface area contributed by atoms with Gasteiger partial charge in [0.25, 0.3) is 0 Å². The molecule has 1 N–H and O–H groups in total. The first-order valence-electron chi connectivity index (χ1n) is 11.6. The van der Waals surface area contributed by atoms with E-state index in [1.807, 2.05) is 0 Å². The summed E-state index contributed by atoms with van der Waals surface area (Å²) in [5, 5.41) is 3.76. The van der Waals surface area contributed by atoms with Crippen LogP contribution in [0.25, 0.3) is 0 Å². The van der Waals surface area contributed by atoms with Crippen molar-refractivity contribution in [1.82, 2.24) is 10.2 Å². The zero-order valence-electron chi connectivity index (χ0n) is 18.3. The van der Waals surface area contributed by atoms with Crippen LogP contribution in [0, 0.1) is 5.92 Å². The number of hydrogen-bond donors (Lipinski definition) is 1. The quantitative estimate of drug-likeness (QED) is 0.782. The predicted molar refractivity (Wildman–Crippen MR) is 120 cm³/mol. The second-order valence-corrected chi connectivity index (χ2v) is 9.14. The smallest absolute Gasteiger partial charge is 0.161 e. The van der Waals surface area contributed by atoms with E-state index in [4.69, 9.17) is 9.47 Å². The van der Waals surface area contributed by atoms with Crippen LogP contribution in [-0.4, -0.2) is 38.8 Å². The molecular weight excluding hydrogens is 372 g/mol. The van der Waals surface area contributed by atoms with Crippen molar-refractivity contribution in [2.45, 2.75) is 50.6 Å². The Morgan fingerprint density at radius 1 is 0.933 bits per heavy atom. The number of rotatable bonds is 5. The number of nitrogens with one attached hydrogen (secondary N) is 1. The molecule has 2 aromatic carbocycles. The van der Waals surface area contributed by atoms with E-state index in [0.717, 1.165) is 30.4 Å². The maximum absolute atomic E-state index is 5.57. The fourth-order valence-electron chi connectivity index (χ4n) is 5.94. The van der Waals surface area contributed by atoms with Gasteiger partial charge in [-0.2, -0.15) is 0 Å². The number of piperidine rings is 1. The van der Waals surface area contributed by atoms with Crippen LogP contribution in [0.15, 0.2) is 36.4 Å². The monoisotopic (exact) mass is 406 g/mol. The number of methoxy groups -OCH3 is 2. The molecule has 0 bridgehead atoms. The van der Waals surface area contributed by atoms with Gasteiger partial charge in [-0.3, -0.25) is 4.90 Å². The van der Waals surface area contributed by atoms with Crippen molar-refractivity contribution < 1.29 is 9.47 Å². The van der Waals surface area contributed by atoms with Crippen molar-refractivity contribution in [1.29, 1.82) is 0 Å². The number of nitrogens with zero attached hydrogens (tertiary/aromatic N) is 1. The van der Waals surface area contributed by atoms with E-state index in [0.29, 0.717) is 12.1 Å². The molecule has 0 spiro atoms. The second-order valence-electron chi connectivity index (χ2n) is 9.14. The van der Waals surface area contributed by atoms with Gasteiger partial charge in [0.2, 0.25) is 0 Å². The lowest BCUT2D eigenvalue weighted by Crippen LogP contribution is -2.42. The predicted octanol–water partition coefficient (Wildman–Crippen LogP) is 4.68. The van der Waals surface area contributed by atoms with Gasteiger partial charge in [-0.05, 0) is 85.4 Å². The minimum atomic E-state index is 0.424. The molecule has 1 fully saturated rings. The van der Waals surface area contributed by atoms with E-state index in [-0.39, 0.29) is 0 Å². The van der Waals surface area contributed by atoms with Gasteiger partial charge in [-0.15, -0.1) is 0 Å². The summed E-state index contributed by atoms with van der Waals surface area (Å²) in [7, 11) is 3.45. The molecule has 3 aliphatic rings. The van der Waals surface area contributed by atoms with Crippen LogP contribution in [0.2, 0.25) is 0 Å². The highest BCUT2D eigenvalue weighted by molar-refractivity contribution is 5.49. The zero-order chi connectivity index (χ0) is 20.5. The third-order valence-corrected chi connectivity index (χ3v) is 7.53. The average molecular weight is 407 g/mol. The molecule has 3 heterocycles. The van der Waals surface area contributed by atoms with Crippen LogP contribution < -0.4 is 14.8 Å². The molecule has 0 aromatic heterocycles. The summed E-state index contributed by atoms with van der Waals surface area (Å²) < 4.78 is 11.1. The molecule has 1 saturated heterocycles. The van der Waals surface area contributed by atoms with Gasteiger partial charge in [0, 0.05) is 25.2 Å². The van der Waals surface area contributed by atoms with Crippen molar-refractivity contribution >= 4 is 0 Å². The lowest BCUT2D eigenvalue weighted by molar-refractivity contribution is 0.0926. The molecule has 2 aromatic rings. The van der Waals surface area contributed by atoms with E-state index in [9.17, 15) is 0 Å². The maximum atomic E-state index is 5.57. The third kappa shape index (κ3) is 3.72. The molecule has 0 unspecified atom stereocenters. The lowest BCUT2D eigenvalue weighted by Gasteiger charge is -2.44. The van der Waals surface area contributed by atoms with Gasteiger partial charge >= 0.3 is 0 Å². The van der Waals surface area contributed by atoms with Gasteiger partial charge < -0.3 is 14.8 Å². The largest absolute Gasteiger partial charge is 0.493 e. The second kappa shape index (κ2) is 8.60. The van der Waals surface area contributed by atoms with E-state index < -0.39 is 0 Å². The summed E-state index contributed by atoms with van der Waals surface area (Å²) in [6, 6.07) is 14.5. The van der Waals surface area contributed by atoms with Crippen molar-refractivity contribution in [3.8, 4) is 11.5 Å². The van der Waals surface area contributed by atoms with Gasteiger partial charge in [-0.25, -0.2) is 0 Å². The SMILES string of the molecule is COc1cc2c(cc1OC)[C@H](CC[C@H]1CC[C@@H]3c4ccccc4CCN3C1)NCC2. The van der Waals surface area contributed by atoms with Gasteiger partial charge in [0.05, 0.1) is 14.2 Å². The summed E-state index contributed by atoms with van der Waals surface area (Å²) in [6.45, 7) is 3.52. The third-order valence-electron chi connectivity index (χ3n) is 7.53. The molecule has 0 aliphatic carbocycles. The molecule has 0 amide bonds. The Morgan fingerprint density at radius 3 is 2.63 bits per heavy atom. The van der Waals surface area contributed by atoms with E-state index >= 15 is 0 Å². The highest BCUT2D eigenvalue weighted by Crippen LogP contribution is 2.41. The molecule has 0 radical (unpaired) electrons. The van der Waals surface area contributed by atoms with Crippen LogP contribution in [0.3, 0.4) is 0 Å². The average Bonchev–Trinajstić information content (AvgIpc) is 2.81. The molecule has 0 saturated carbocycles. The molecule has 5 rings (SSSR count). The lowest BCUT2D eigenvalue weighted by atomic mass is 9.81. The Hall–Kier alpha value is -2.04. The van der Waals surface area contributed by atoms with Crippen molar-refractivity contribution in [3.63, 3.8) is 0 Å². The van der Waals surface area contributed by atoms with Crippen molar-refractivity contribution in [2.24, 2.45) is 5.92 Å². The first kappa shape index (κ1) is 19.9. The molecule has 4 heteroatoms. The van der Waals surface area contributed by atoms with E-state index in [2.05, 4.69) is 46.6 Å². The normalized spacial score (nSPS) is 25.7. The van der Waals surface area contributed by atoms with Crippen LogP contribution in [0.4, 0.5) is 0 Å². The van der Waals surface area contributed by atoms with Gasteiger partial charge in [-0.1, -0.05) is 24.3 Å². The fourth-order valence-corrected chi connectivity index (χ4v) is 5.94. The van der Waals surface area contributed by atoms with Crippen LogP contribution >= 0.6 is 0 Å². The number of fused-ring (bicyclic) bond motifs is 4. The fraction of sp³-hybridized carbons (Fsp3) is 0.538. The molecule has 30 heavy (non-hydrogen) atoms. The van der Waals surface area contributed by atoms with E-state index in [1.165, 1.54) is 56.3 Å². The number of hydrogen-bond acceptors (Lipinski definition) is 4. The molecular formula is C26H34N2O2. The minimum Gasteiger partial charge on any atom is -0.493 e. The summed E-state index contributed by atoms with van der Waals surface area (Å²) in [4.78, 5) is 2.76. The van der Waals surface area contributed by atoms with Gasteiger partial charge in [0.15, 0.2) is 11.5 Å². The summed E-state index contributed by atoms with van der Waals surface area (Å²) >= 11 is 0. The first-order valence-corrected chi connectivity index (χ1v) is 11.6. The molecule has 160 valence electrons. The number of benzene rings is 2. The summed E-state index contributed by atoms with van der Waals surface area (Å²) in [5.41, 5.74) is 5.97.